The van der Waals surface area contributed by atoms with Crippen LogP contribution in [0.1, 0.15) is 48.8 Å². The molecule has 0 amide bonds. The van der Waals surface area contributed by atoms with Gasteiger partial charge in [-0.3, -0.25) is 0 Å². The molecule has 1 aliphatic rings. The summed E-state index contributed by atoms with van der Waals surface area (Å²) in [5.41, 5.74) is 5.81. The maximum absolute atomic E-state index is 3.36. The van der Waals surface area contributed by atoms with Gasteiger partial charge in [-0.25, -0.2) is 0 Å². The van der Waals surface area contributed by atoms with Gasteiger partial charge in [0.2, 0.25) is 0 Å². The van der Waals surface area contributed by atoms with Gasteiger partial charge in [0.15, 0.2) is 0 Å². The molecule has 104 valence electrons. The second-order valence-corrected chi connectivity index (χ2v) is 5.89. The molecule has 1 nitrogen and oxygen atoms in total. The molecule has 1 heteroatoms. The van der Waals surface area contributed by atoms with Crippen LogP contribution in [-0.4, -0.2) is 13.6 Å². The summed E-state index contributed by atoms with van der Waals surface area (Å²) < 4.78 is 0. The van der Waals surface area contributed by atoms with Gasteiger partial charge in [0.1, 0.15) is 0 Å². The van der Waals surface area contributed by atoms with Crippen molar-refractivity contribution in [1.82, 2.24) is 5.32 Å². The van der Waals surface area contributed by atoms with Crippen LogP contribution in [0.4, 0.5) is 0 Å². The van der Waals surface area contributed by atoms with E-state index in [1.165, 1.54) is 48.8 Å². The molecule has 0 saturated heterocycles. The molecule has 2 rings (SSSR count). The van der Waals surface area contributed by atoms with Crippen molar-refractivity contribution in [3.63, 3.8) is 0 Å². The topological polar surface area (TPSA) is 12.0 Å². The van der Waals surface area contributed by atoms with E-state index in [1.54, 1.807) is 5.57 Å². The quantitative estimate of drug-likeness (QED) is 0.838. The summed E-state index contributed by atoms with van der Waals surface area (Å²) in [6, 6.07) is 6.59. The van der Waals surface area contributed by atoms with Gasteiger partial charge in [0.05, 0.1) is 0 Å². The smallest absolute Gasteiger partial charge is 0.0167 e. The van der Waals surface area contributed by atoms with Crippen LogP contribution in [0.5, 0.6) is 0 Å². The summed E-state index contributed by atoms with van der Waals surface area (Å²) in [5.74, 6) is 0.792. The Morgan fingerprint density at radius 1 is 1.16 bits per heavy atom. The lowest BCUT2D eigenvalue weighted by Gasteiger charge is -2.25. The zero-order valence-corrected chi connectivity index (χ0v) is 12.6. The van der Waals surface area contributed by atoms with Gasteiger partial charge in [-0.1, -0.05) is 49.1 Å². The summed E-state index contributed by atoms with van der Waals surface area (Å²) in [4.78, 5) is 0. The number of hydrogen-bond acceptors (Lipinski definition) is 1. The monoisotopic (exact) mass is 257 g/mol. The minimum Gasteiger partial charge on any atom is -0.316 e. The number of benzene rings is 1. The molecule has 0 aromatic heterocycles. The second kappa shape index (κ2) is 6.91. The molecular weight excluding hydrogens is 230 g/mol. The molecule has 0 unspecified atom stereocenters. The van der Waals surface area contributed by atoms with Crippen LogP contribution in [0.2, 0.25) is 0 Å². The van der Waals surface area contributed by atoms with Crippen LogP contribution >= 0.6 is 0 Å². The SMILES string of the molecule is CNC/C(=C/c1c(C)cccc1C)C1CCCCC1. The first-order chi connectivity index (χ1) is 9.22. The third-order valence-electron chi connectivity index (χ3n) is 4.38. The fourth-order valence-corrected chi connectivity index (χ4v) is 3.23. The molecule has 1 saturated carbocycles. The molecule has 1 aromatic carbocycles. The number of nitrogens with one attached hydrogen (secondary N) is 1. The first-order valence-corrected chi connectivity index (χ1v) is 7.63. The molecule has 0 spiro atoms. The first kappa shape index (κ1) is 14.3. The van der Waals surface area contributed by atoms with E-state index >= 15 is 0 Å². The van der Waals surface area contributed by atoms with Crippen molar-refractivity contribution in [2.24, 2.45) is 5.92 Å². The maximum Gasteiger partial charge on any atom is 0.0167 e. The van der Waals surface area contributed by atoms with E-state index < -0.39 is 0 Å². The molecule has 1 aromatic rings. The van der Waals surface area contributed by atoms with E-state index in [4.69, 9.17) is 0 Å². The molecule has 0 bridgehead atoms. The summed E-state index contributed by atoms with van der Waals surface area (Å²) in [6.07, 6.45) is 9.43. The van der Waals surface area contributed by atoms with E-state index in [0.29, 0.717) is 0 Å². The largest absolute Gasteiger partial charge is 0.316 e. The van der Waals surface area contributed by atoms with E-state index in [-0.39, 0.29) is 0 Å². The van der Waals surface area contributed by atoms with Gasteiger partial charge in [-0.15, -0.1) is 0 Å². The average molecular weight is 257 g/mol. The van der Waals surface area contributed by atoms with E-state index in [0.717, 1.165) is 12.5 Å². The Hall–Kier alpha value is -1.08. The summed E-state index contributed by atoms with van der Waals surface area (Å²) in [6.45, 7) is 5.46. The molecule has 1 aliphatic carbocycles. The van der Waals surface area contributed by atoms with Gasteiger partial charge in [0, 0.05) is 6.54 Å². The fraction of sp³-hybridized carbons (Fsp3) is 0.556. The Bertz CT molecular complexity index is 419. The van der Waals surface area contributed by atoms with Crippen molar-refractivity contribution in [2.75, 3.05) is 13.6 Å². The van der Waals surface area contributed by atoms with Gasteiger partial charge in [-0.2, -0.15) is 0 Å². The fourth-order valence-electron chi connectivity index (χ4n) is 3.23. The first-order valence-electron chi connectivity index (χ1n) is 7.63. The maximum atomic E-state index is 3.36. The highest BCUT2D eigenvalue weighted by Crippen LogP contribution is 2.31. The standard InChI is InChI=1S/C18H27N/c1-14-8-7-9-15(2)18(14)12-17(13-19-3)16-10-5-4-6-11-16/h7-9,12,16,19H,4-6,10-11,13H2,1-3H3/b17-12-. The highest BCUT2D eigenvalue weighted by Gasteiger charge is 2.17. The van der Waals surface area contributed by atoms with E-state index in [1.807, 2.05) is 0 Å². The number of rotatable bonds is 4. The Morgan fingerprint density at radius 3 is 2.37 bits per heavy atom. The molecule has 0 radical (unpaired) electrons. The lowest BCUT2D eigenvalue weighted by atomic mass is 9.82. The van der Waals surface area contributed by atoms with Crippen molar-refractivity contribution < 1.29 is 0 Å². The number of hydrogen-bond donors (Lipinski definition) is 1. The number of likely N-dealkylation sites (N-methyl/N-ethyl adjacent to an activating group) is 1. The zero-order chi connectivity index (χ0) is 13.7. The molecular formula is C18H27N. The molecule has 19 heavy (non-hydrogen) atoms. The molecule has 0 aliphatic heterocycles. The van der Waals surface area contributed by atoms with Crippen molar-refractivity contribution in [3.05, 3.63) is 40.5 Å². The Balaban J connectivity index is 2.29. The normalized spacial score (nSPS) is 17.7. The van der Waals surface area contributed by atoms with E-state index in [2.05, 4.69) is 50.5 Å². The third-order valence-corrected chi connectivity index (χ3v) is 4.38. The zero-order valence-electron chi connectivity index (χ0n) is 12.6. The Morgan fingerprint density at radius 2 is 1.79 bits per heavy atom. The van der Waals surface area contributed by atoms with Gasteiger partial charge < -0.3 is 5.32 Å². The third kappa shape index (κ3) is 3.70. The highest BCUT2D eigenvalue weighted by atomic mass is 14.8. The molecule has 1 N–H and O–H groups in total. The summed E-state index contributed by atoms with van der Waals surface area (Å²) >= 11 is 0. The Labute approximate surface area is 118 Å². The lowest BCUT2D eigenvalue weighted by Crippen LogP contribution is -2.19. The lowest BCUT2D eigenvalue weighted by molar-refractivity contribution is 0.398. The van der Waals surface area contributed by atoms with Crippen LogP contribution in [0.15, 0.2) is 23.8 Å². The Kier molecular flexibility index (Phi) is 5.21. The van der Waals surface area contributed by atoms with Crippen molar-refractivity contribution in [1.29, 1.82) is 0 Å². The van der Waals surface area contributed by atoms with Crippen LogP contribution in [0, 0.1) is 19.8 Å². The van der Waals surface area contributed by atoms with Crippen molar-refractivity contribution >= 4 is 6.08 Å². The highest BCUT2D eigenvalue weighted by molar-refractivity contribution is 5.60. The van der Waals surface area contributed by atoms with Crippen molar-refractivity contribution in [3.8, 4) is 0 Å². The number of aryl methyl sites for hydroxylation is 2. The van der Waals surface area contributed by atoms with E-state index in [9.17, 15) is 0 Å². The summed E-state index contributed by atoms with van der Waals surface area (Å²) in [7, 11) is 2.06. The molecule has 1 fully saturated rings. The minimum absolute atomic E-state index is 0.792. The summed E-state index contributed by atoms with van der Waals surface area (Å²) in [5, 5.41) is 3.36. The predicted octanol–water partition coefficient (Wildman–Crippen LogP) is 4.49. The molecule has 0 atom stereocenters. The molecule has 0 heterocycles. The van der Waals surface area contributed by atoms with Gasteiger partial charge in [0.25, 0.3) is 0 Å². The van der Waals surface area contributed by atoms with Crippen LogP contribution < -0.4 is 5.32 Å². The van der Waals surface area contributed by atoms with Crippen LogP contribution in [-0.2, 0) is 0 Å². The van der Waals surface area contributed by atoms with Crippen molar-refractivity contribution in [2.45, 2.75) is 46.0 Å². The van der Waals surface area contributed by atoms with Crippen LogP contribution in [0.25, 0.3) is 6.08 Å². The predicted molar refractivity (Wildman–Crippen MR) is 84.4 cm³/mol. The minimum atomic E-state index is 0.792. The average Bonchev–Trinajstić information content (AvgIpc) is 2.43. The van der Waals surface area contributed by atoms with Crippen LogP contribution in [0.3, 0.4) is 0 Å². The van der Waals surface area contributed by atoms with Gasteiger partial charge in [-0.05, 0) is 56.3 Å². The second-order valence-electron chi connectivity index (χ2n) is 5.89. The van der Waals surface area contributed by atoms with Gasteiger partial charge >= 0.3 is 0 Å².